The van der Waals surface area contributed by atoms with Gasteiger partial charge in [0, 0.05) is 11.6 Å². The molecular weight excluding hydrogens is 364 g/mol. The van der Waals surface area contributed by atoms with Crippen molar-refractivity contribution in [1.29, 1.82) is 0 Å². The Labute approximate surface area is 158 Å². The van der Waals surface area contributed by atoms with Crippen molar-refractivity contribution in [3.8, 4) is 0 Å². The highest BCUT2D eigenvalue weighted by Gasteiger charge is 2.44. The van der Waals surface area contributed by atoms with E-state index in [1.54, 1.807) is 0 Å². The second kappa shape index (κ2) is 6.53. The molecular formula is C18H18N6O4. The molecule has 0 bridgehead atoms. The summed E-state index contributed by atoms with van der Waals surface area (Å²) in [5, 5.41) is 30.7. The third kappa shape index (κ3) is 2.54. The first-order valence-corrected chi connectivity index (χ1v) is 8.80. The molecule has 4 aromatic rings. The summed E-state index contributed by atoms with van der Waals surface area (Å²) in [4.78, 5) is 12.9. The summed E-state index contributed by atoms with van der Waals surface area (Å²) in [7, 11) is 0. The molecule has 3 aromatic heterocycles. The summed E-state index contributed by atoms with van der Waals surface area (Å²) < 4.78 is 8.94. The summed E-state index contributed by atoms with van der Waals surface area (Å²) in [5.41, 5.74) is 5.11. The largest absolute Gasteiger partial charge is 0.394 e. The molecule has 144 valence electrons. The van der Waals surface area contributed by atoms with Crippen molar-refractivity contribution >= 4 is 27.9 Å². The second-order valence-corrected chi connectivity index (χ2v) is 6.63. The Bertz CT molecular complexity index is 1140. The van der Waals surface area contributed by atoms with Crippen molar-refractivity contribution in [3.05, 3.63) is 49.2 Å². The van der Waals surface area contributed by atoms with Crippen molar-refractivity contribution in [2.45, 2.75) is 24.5 Å². The Kier molecular flexibility index (Phi) is 3.98. The molecule has 4 N–H and O–H groups in total. The zero-order chi connectivity index (χ0) is 19.3. The van der Waals surface area contributed by atoms with Crippen molar-refractivity contribution in [2.75, 3.05) is 12.0 Å². The van der Waals surface area contributed by atoms with E-state index in [4.69, 9.17) is 4.74 Å². The van der Waals surface area contributed by atoms with Gasteiger partial charge >= 0.3 is 0 Å². The highest BCUT2D eigenvalue weighted by atomic mass is 16.6. The lowest BCUT2D eigenvalue weighted by atomic mass is 10.1. The highest BCUT2D eigenvalue weighted by molar-refractivity contribution is 5.85. The maximum Gasteiger partial charge on any atom is 0.176 e. The molecule has 4 atom stereocenters. The summed E-state index contributed by atoms with van der Waals surface area (Å²) in [6.45, 7) is -0.399. The molecule has 1 aliphatic heterocycles. The monoisotopic (exact) mass is 382 g/mol. The van der Waals surface area contributed by atoms with Gasteiger partial charge in [-0.15, -0.1) is 0 Å². The number of nitrogens with zero attached hydrogens (tertiary/aromatic N) is 5. The second-order valence-electron chi connectivity index (χ2n) is 6.63. The van der Waals surface area contributed by atoms with Gasteiger partial charge in [-0.25, -0.2) is 15.0 Å². The fourth-order valence-corrected chi connectivity index (χ4v) is 3.52. The van der Waals surface area contributed by atoms with Crippen molar-refractivity contribution in [1.82, 2.24) is 24.2 Å². The first-order valence-electron chi connectivity index (χ1n) is 8.80. The Balaban J connectivity index is 1.53. The number of anilines is 1. The van der Waals surface area contributed by atoms with Crippen LogP contribution >= 0.6 is 0 Å². The molecule has 0 unspecified atom stereocenters. The molecule has 0 spiro atoms. The minimum Gasteiger partial charge on any atom is -0.394 e. The van der Waals surface area contributed by atoms with Crippen LogP contribution in [0, 0.1) is 0 Å². The standard InChI is InChI=1S/C18H18N6O4/c25-7-12-14(26)15(27)18(28-12)23-9-21-13-16(19-8-20-17(13)23)22-24-6-5-10-3-1-2-4-11(10)24/h1-6,8-9,12,14-15,18,25-27H,7H2,(H,19,20,22)/t12-,14-,15-,18-/m1/s1. The number of hydrogen-bond acceptors (Lipinski definition) is 8. The lowest BCUT2D eigenvalue weighted by Gasteiger charge is -2.16. The Morgan fingerprint density at radius 1 is 1.07 bits per heavy atom. The fourth-order valence-electron chi connectivity index (χ4n) is 3.52. The number of aliphatic hydroxyl groups excluding tert-OH is 3. The number of rotatable bonds is 4. The fraction of sp³-hybridized carbons (Fsp3) is 0.278. The SMILES string of the molecule is OC[C@H]1O[C@@H](n2cnc3c(Nn4ccc5ccccc54)ncnc32)[C@H](O)[C@@H]1O. The van der Waals surface area contributed by atoms with Gasteiger partial charge < -0.3 is 20.1 Å². The van der Waals surface area contributed by atoms with Crippen LogP contribution in [0.2, 0.25) is 0 Å². The van der Waals surface area contributed by atoms with E-state index in [2.05, 4.69) is 20.4 Å². The van der Waals surface area contributed by atoms with Crippen LogP contribution in [0.4, 0.5) is 5.82 Å². The Morgan fingerprint density at radius 3 is 2.75 bits per heavy atom. The lowest BCUT2D eigenvalue weighted by Crippen LogP contribution is -2.33. The van der Waals surface area contributed by atoms with Gasteiger partial charge in [0.15, 0.2) is 23.2 Å². The predicted molar refractivity (Wildman–Crippen MR) is 99.3 cm³/mol. The number of fused-ring (bicyclic) bond motifs is 2. The van der Waals surface area contributed by atoms with Crippen LogP contribution in [0.5, 0.6) is 0 Å². The zero-order valence-electron chi connectivity index (χ0n) is 14.6. The van der Waals surface area contributed by atoms with Crippen LogP contribution < -0.4 is 5.43 Å². The van der Waals surface area contributed by atoms with E-state index < -0.39 is 31.1 Å². The molecule has 10 heteroatoms. The van der Waals surface area contributed by atoms with Crippen molar-refractivity contribution in [2.24, 2.45) is 0 Å². The molecule has 1 aromatic carbocycles. The van der Waals surface area contributed by atoms with Gasteiger partial charge in [0.25, 0.3) is 0 Å². The van der Waals surface area contributed by atoms with E-state index in [0.717, 1.165) is 10.9 Å². The van der Waals surface area contributed by atoms with Gasteiger partial charge in [-0.2, -0.15) is 0 Å². The number of nitrogens with one attached hydrogen (secondary N) is 1. The molecule has 1 fully saturated rings. The summed E-state index contributed by atoms with van der Waals surface area (Å²) in [5.74, 6) is 0.483. The van der Waals surface area contributed by atoms with E-state index in [0.29, 0.717) is 17.0 Å². The third-order valence-corrected chi connectivity index (χ3v) is 4.98. The van der Waals surface area contributed by atoms with E-state index in [-0.39, 0.29) is 0 Å². The van der Waals surface area contributed by atoms with E-state index >= 15 is 0 Å². The topological polar surface area (TPSA) is 130 Å². The van der Waals surface area contributed by atoms with E-state index in [9.17, 15) is 15.3 Å². The molecule has 0 saturated carbocycles. The molecule has 1 aliphatic rings. The van der Waals surface area contributed by atoms with Gasteiger partial charge in [-0.1, -0.05) is 18.2 Å². The van der Waals surface area contributed by atoms with Crippen LogP contribution in [0.15, 0.2) is 49.2 Å². The maximum absolute atomic E-state index is 10.3. The number of aliphatic hydroxyl groups is 3. The molecule has 0 aliphatic carbocycles. The van der Waals surface area contributed by atoms with Crippen molar-refractivity contribution in [3.63, 3.8) is 0 Å². The number of hydrogen-bond donors (Lipinski definition) is 4. The highest BCUT2D eigenvalue weighted by Crippen LogP contribution is 2.32. The van der Waals surface area contributed by atoms with Crippen molar-refractivity contribution < 1.29 is 20.1 Å². The van der Waals surface area contributed by atoms with Crippen LogP contribution in [-0.4, -0.2) is 64.4 Å². The third-order valence-electron chi connectivity index (χ3n) is 4.98. The van der Waals surface area contributed by atoms with Gasteiger partial charge in [-0.3, -0.25) is 14.7 Å². The smallest absolute Gasteiger partial charge is 0.176 e. The molecule has 0 amide bonds. The Morgan fingerprint density at radius 2 is 1.93 bits per heavy atom. The molecule has 1 saturated heterocycles. The van der Waals surface area contributed by atoms with Gasteiger partial charge in [0.1, 0.15) is 24.6 Å². The average molecular weight is 382 g/mol. The van der Waals surface area contributed by atoms with Crippen LogP contribution in [-0.2, 0) is 4.74 Å². The molecule has 4 heterocycles. The molecule has 5 rings (SSSR count). The average Bonchev–Trinajstić information content (AvgIpc) is 3.40. The van der Waals surface area contributed by atoms with E-state index in [1.807, 2.05) is 41.2 Å². The maximum atomic E-state index is 10.3. The first-order chi connectivity index (χ1) is 13.7. The number of benzene rings is 1. The summed E-state index contributed by atoms with van der Waals surface area (Å²) in [6, 6.07) is 9.90. The molecule has 10 nitrogen and oxygen atoms in total. The van der Waals surface area contributed by atoms with Gasteiger partial charge in [0.05, 0.1) is 18.5 Å². The van der Waals surface area contributed by atoms with Crippen LogP contribution in [0.25, 0.3) is 22.1 Å². The summed E-state index contributed by atoms with van der Waals surface area (Å²) >= 11 is 0. The van der Waals surface area contributed by atoms with Gasteiger partial charge in [0.2, 0.25) is 0 Å². The number of imidazole rings is 1. The Hall–Kier alpha value is -3.05. The quantitative estimate of drug-likeness (QED) is 0.396. The van der Waals surface area contributed by atoms with Gasteiger partial charge in [-0.05, 0) is 12.1 Å². The normalized spacial score (nSPS) is 25.0. The molecule has 28 heavy (non-hydrogen) atoms. The van der Waals surface area contributed by atoms with E-state index in [1.165, 1.54) is 17.2 Å². The van der Waals surface area contributed by atoms with Crippen LogP contribution in [0.3, 0.4) is 0 Å². The lowest BCUT2D eigenvalue weighted by molar-refractivity contribution is -0.0511. The predicted octanol–water partition coefficient (Wildman–Crippen LogP) is 0.268. The van der Waals surface area contributed by atoms with Crippen LogP contribution in [0.1, 0.15) is 6.23 Å². The number of para-hydroxylation sites is 1. The summed E-state index contributed by atoms with van der Waals surface area (Å²) in [6.07, 6.45) is 0.554. The number of aromatic nitrogens is 5. The zero-order valence-corrected chi connectivity index (χ0v) is 14.6. The number of ether oxygens (including phenoxy) is 1. The minimum absolute atomic E-state index is 0.399. The minimum atomic E-state index is -1.21. The first kappa shape index (κ1) is 17.1. The molecule has 0 radical (unpaired) electrons.